The molecule has 0 bridgehead atoms. The summed E-state index contributed by atoms with van der Waals surface area (Å²) in [5, 5.41) is 15.4. The SMILES string of the molecule is CC(C)(C)c1nn(-c2ccccc2[N+](=O)[O-])cc1C=O. The smallest absolute Gasteiger partial charge is 0.294 e. The predicted molar refractivity (Wildman–Crippen MR) is 74.3 cm³/mol. The van der Waals surface area contributed by atoms with E-state index in [0.29, 0.717) is 16.9 Å². The molecule has 0 atom stereocenters. The second-order valence-corrected chi connectivity index (χ2v) is 5.49. The molecule has 0 amide bonds. The summed E-state index contributed by atoms with van der Waals surface area (Å²) >= 11 is 0. The van der Waals surface area contributed by atoms with Gasteiger partial charge >= 0.3 is 0 Å². The van der Waals surface area contributed by atoms with E-state index in [1.165, 1.54) is 16.9 Å². The predicted octanol–water partition coefficient (Wildman–Crippen LogP) is 2.89. The van der Waals surface area contributed by atoms with Crippen LogP contribution < -0.4 is 0 Å². The average Bonchev–Trinajstić information content (AvgIpc) is 2.82. The van der Waals surface area contributed by atoms with Gasteiger partial charge in [0.15, 0.2) is 6.29 Å². The third kappa shape index (κ3) is 2.45. The van der Waals surface area contributed by atoms with Crippen LogP contribution in [-0.4, -0.2) is 21.0 Å². The minimum Gasteiger partial charge on any atom is -0.298 e. The van der Waals surface area contributed by atoms with Gasteiger partial charge in [0.05, 0.1) is 16.2 Å². The van der Waals surface area contributed by atoms with E-state index >= 15 is 0 Å². The summed E-state index contributed by atoms with van der Waals surface area (Å²) in [6, 6.07) is 6.30. The molecule has 0 N–H and O–H groups in total. The van der Waals surface area contributed by atoms with Crippen LogP contribution in [0.5, 0.6) is 0 Å². The van der Waals surface area contributed by atoms with E-state index in [4.69, 9.17) is 0 Å². The lowest BCUT2D eigenvalue weighted by Crippen LogP contribution is -2.14. The standard InChI is InChI=1S/C14H15N3O3/c1-14(2,3)13-10(9-18)8-16(15-13)11-6-4-5-7-12(11)17(19)20/h4-9H,1-3H3. The van der Waals surface area contributed by atoms with Crippen molar-refractivity contribution in [3.63, 3.8) is 0 Å². The minimum atomic E-state index is -0.464. The third-order valence-corrected chi connectivity index (χ3v) is 2.91. The van der Waals surface area contributed by atoms with Crippen LogP contribution >= 0.6 is 0 Å². The summed E-state index contributed by atoms with van der Waals surface area (Å²) in [6.45, 7) is 5.81. The van der Waals surface area contributed by atoms with Gasteiger partial charge in [-0.1, -0.05) is 32.9 Å². The number of carbonyl (C=O) groups excluding carboxylic acids is 1. The summed E-state index contributed by atoms with van der Waals surface area (Å²) in [6.07, 6.45) is 2.24. The molecule has 0 unspecified atom stereocenters. The lowest BCUT2D eigenvalue weighted by molar-refractivity contribution is -0.384. The lowest BCUT2D eigenvalue weighted by Gasteiger charge is -2.15. The van der Waals surface area contributed by atoms with Crippen molar-refractivity contribution in [1.82, 2.24) is 9.78 Å². The first-order valence-corrected chi connectivity index (χ1v) is 6.13. The largest absolute Gasteiger partial charge is 0.298 e. The van der Waals surface area contributed by atoms with E-state index in [9.17, 15) is 14.9 Å². The molecule has 0 saturated carbocycles. The molecular formula is C14H15N3O3. The number of para-hydroxylation sites is 2. The Hall–Kier alpha value is -2.50. The molecule has 0 aliphatic carbocycles. The fraction of sp³-hybridized carbons (Fsp3) is 0.286. The number of carbonyl (C=O) groups is 1. The van der Waals surface area contributed by atoms with Gasteiger partial charge in [0, 0.05) is 17.7 Å². The second kappa shape index (κ2) is 4.88. The third-order valence-electron chi connectivity index (χ3n) is 2.91. The van der Waals surface area contributed by atoms with Crippen LogP contribution in [0.4, 0.5) is 5.69 Å². The van der Waals surface area contributed by atoms with E-state index in [1.807, 2.05) is 20.8 Å². The van der Waals surface area contributed by atoms with E-state index in [-0.39, 0.29) is 11.1 Å². The maximum Gasteiger partial charge on any atom is 0.294 e. The van der Waals surface area contributed by atoms with Crippen molar-refractivity contribution in [2.24, 2.45) is 0 Å². The summed E-state index contributed by atoms with van der Waals surface area (Å²) in [5.41, 5.74) is 1.04. The van der Waals surface area contributed by atoms with Gasteiger partial charge < -0.3 is 0 Å². The molecule has 0 aliphatic rings. The highest BCUT2D eigenvalue weighted by Crippen LogP contribution is 2.27. The number of nitrogens with zero attached hydrogens (tertiary/aromatic N) is 3. The highest BCUT2D eigenvalue weighted by atomic mass is 16.6. The van der Waals surface area contributed by atoms with E-state index < -0.39 is 4.92 Å². The first-order valence-electron chi connectivity index (χ1n) is 6.13. The number of benzene rings is 1. The van der Waals surface area contributed by atoms with Gasteiger partial charge in [0.2, 0.25) is 0 Å². The molecule has 1 aromatic heterocycles. The average molecular weight is 273 g/mol. The monoisotopic (exact) mass is 273 g/mol. The summed E-state index contributed by atoms with van der Waals surface area (Å²) in [4.78, 5) is 21.7. The van der Waals surface area contributed by atoms with Crippen LogP contribution in [0.3, 0.4) is 0 Å². The van der Waals surface area contributed by atoms with Crippen LogP contribution in [0.25, 0.3) is 5.69 Å². The van der Waals surface area contributed by atoms with Gasteiger partial charge in [-0.15, -0.1) is 0 Å². The molecule has 1 heterocycles. The zero-order valence-corrected chi connectivity index (χ0v) is 11.5. The Kier molecular flexibility index (Phi) is 3.40. The van der Waals surface area contributed by atoms with Gasteiger partial charge in [-0.05, 0) is 6.07 Å². The number of hydrogen-bond donors (Lipinski definition) is 0. The molecule has 0 spiro atoms. The normalized spacial score (nSPS) is 11.3. The Morgan fingerprint density at radius 3 is 2.45 bits per heavy atom. The molecule has 0 radical (unpaired) electrons. The van der Waals surface area contributed by atoms with E-state index in [1.54, 1.807) is 18.2 Å². The van der Waals surface area contributed by atoms with Crippen LogP contribution in [0, 0.1) is 10.1 Å². The van der Waals surface area contributed by atoms with Gasteiger partial charge in [0.1, 0.15) is 5.69 Å². The van der Waals surface area contributed by atoms with Gasteiger partial charge in [0.25, 0.3) is 5.69 Å². The van der Waals surface area contributed by atoms with Gasteiger partial charge in [-0.25, -0.2) is 4.68 Å². The lowest BCUT2D eigenvalue weighted by atomic mass is 9.90. The van der Waals surface area contributed by atoms with Crippen molar-refractivity contribution in [3.8, 4) is 5.69 Å². The van der Waals surface area contributed by atoms with Crippen molar-refractivity contribution >= 4 is 12.0 Å². The van der Waals surface area contributed by atoms with Crippen molar-refractivity contribution in [1.29, 1.82) is 0 Å². The summed E-state index contributed by atoms with van der Waals surface area (Å²) in [5.74, 6) is 0. The van der Waals surface area contributed by atoms with Gasteiger partial charge in [-0.3, -0.25) is 14.9 Å². The van der Waals surface area contributed by atoms with Crippen molar-refractivity contribution in [3.05, 3.63) is 51.8 Å². The molecule has 2 rings (SSSR count). The Labute approximate surface area is 116 Å². The molecule has 6 nitrogen and oxygen atoms in total. The molecule has 6 heteroatoms. The Morgan fingerprint density at radius 1 is 1.30 bits per heavy atom. The van der Waals surface area contributed by atoms with E-state index in [0.717, 1.165) is 6.29 Å². The quantitative estimate of drug-likeness (QED) is 0.489. The van der Waals surface area contributed by atoms with Crippen LogP contribution in [0.2, 0.25) is 0 Å². The number of aromatic nitrogens is 2. The fourth-order valence-corrected chi connectivity index (χ4v) is 1.99. The molecule has 0 fully saturated rings. The first kappa shape index (κ1) is 13.9. The number of rotatable bonds is 3. The van der Waals surface area contributed by atoms with Crippen molar-refractivity contribution in [2.75, 3.05) is 0 Å². The van der Waals surface area contributed by atoms with Crippen LogP contribution in [0.15, 0.2) is 30.5 Å². The molecule has 104 valence electrons. The number of hydrogen-bond acceptors (Lipinski definition) is 4. The van der Waals surface area contributed by atoms with Gasteiger partial charge in [-0.2, -0.15) is 5.10 Å². The number of nitro groups is 1. The van der Waals surface area contributed by atoms with Crippen molar-refractivity contribution < 1.29 is 9.72 Å². The Bertz CT molecular complexity index is 669. The Morgan fingerprint density at radius 2 is 1.95 bits per heavy atom. The topological polar surface area (TPSA) is 78.0 Å². The number of nitro benzene ring substituents is 1. The number of aldehydes is 1. The molecule has 1 aromatic carbocycles. The van der Waals surface area contributed by atoms with Crippen LogP contribution in [0.1, 0.15) is 36.8 Å². The Balaban J connectivity index is 2.63. The summed E-state index contributed by atoms with van der Waals surface area (Å²) < 4.78 is 1.39. The zero-order valence-electron chi connectivity index (χ0n) is 11.5. The molecule has 0 saturated heterocycles. The maximum atomic E-state index is 11.2. The molecular weight excluding hydrogens is 258 g/mol. The second-order valence-electron chi connectivity index (χ2n) is 5.49. The van der Waals surface area contributed by atoms with Crippen LogP contribution in [-0.2, 0) is 5.41 Å². The van der Waals surface area contributed by atoms with Crippen molar-refractivity contribution in [2.45, 2.75) is 26.2 Å². The first-order chi connectivity index (χ1) is 9.34. The highest BCUT2D eigenvalue weighted by molar-refractivity contribution is 5.77. The zero-order chi connectivity index (χ0) is 14.9. The molecule has 0 aliphatic heterocycles. The summed E-state index contributed by atoms with van der Waals surface area (Å²) in [7, 11) is 0. The highest BCUT2D eigenvalue weighted by Gasteiger charge is 2.24. The fourth-order valence-electron chi connectivity index (χ4n) is 1.99. The molecule has 20 heavy (non-hydrogen) atoms. The maximum absolute atomic E-state index is 11.2. The van der Waals surface area contributed by atoms with E-state index in [2.05, 4.69) is 5.10 Å². The minimum absolute atomic E-state index is 0.0482. The molecule has 2 aromatic rings.